The molecule has 0 radical (unpaired) electrons. The summed E-state index contributed by atoms with van der Waals surface area (Å²) in [4.78, 5) is 13.1. The quantitative estimate of drug-likeness (QED) is 0.565. The Morgan fingerprint density at radius 1 is 1.60 bits per heavy atom. The summed E-state index contributed by atoms with van der Waals surface area (Å²) in [5, 5.41) is 8.49. The molecule has 1 rings (SSSR count). The second kappa shape index (κ2) is 2.54. The van der Waals surface area contributed by atoms with Crippen molar-refractivity contribution in [2.75, 3.05) is 0 Å². The lowest BCUT2D eigenvalue weighted by Gasteiger charge is -1.88. The maximum Gasteiger partial charge on any atom is 0.184 e. The third-order valence-electron chi connectivity index (χ3n) is 0.930. The minimum atomic E-state index is -0.264. The predicted molar refractivity (Wildman–Crippen MR) is 36.8 cm³/mol. The van der Waals surface area contributed by atoms with Gasteiger partial charge < -0.3 is 4.98 Å². The van der Waals surface area contributed by atoms with Crippen molar-refractivity contribution in [3.05, 3.63) is 33.2 Å². The molecule has 0 bridgehead atoms. The van der Waals surface area contributed by atoms with Crippen LogP contribution in [0.2, 0.25) is 5.15 Å². The van der Waals surface area contributed by atoms with Gasteiger partial charge in [-0.25, -0.2) is 0 Å². The normalized spacial score (nSPS) is 8.80. The molecule has 0 saturated carbocycles. The van der Waals surface area contributed by atoms with E-state index >= 15 is 0 Å². The second-order valence-corrected chi connectivity index (χ2v) is 2.10. The van der Waals surface area contributed by atoms with Gasteiger partial charge in [-0.1, -0.05) is 11.6 Å². The Balaban J connectivity index is 3.36. The molecule has 1 heterocycles. The minimum absolute atomic E-state index is 0.178. The van der Waals surface area contributed by atoms with Gasteiger partial charge in [0, 0.05) is 12.1 Å². The van der Waals surface area contributed by atoms with Crippen LogP contribution in [0.4, 0.5) is 0 Å². The molecule has 0 spiro atoms. The number of hydrogen-bond acceptors (Lipinski definition) is 2. The molecule has 50 valence electrons. The van der Waals surface area contributed by atoms with Gasteiger partial charge in [0.05, 0.1) is 0 Å². The van der Waals surface area contributed by atoms with Gasteiger partial charge in [0.1, 0.15) is 16.9 Å². The summed E-state index contributed by atoms with van der Waals surface area (Å²) in [7, 11) is 0. The van der Waals surface area contributed by atoms with Crippen molar-refractivity contribution in [2.24, 2.45) is 0 Å². The number of pyridine rings is 1. The lowest BCUT2D eigenvalue weighted by atomic mass is 10.4. The van der Waals surface area contributed by atoms with E-state index in [9.17, 15) is 4.79 Å². The molecule has 0 aliphatic rings. The zero-order valence-corrected chi connectivity index (χ0v) is 5.64. The van der Waals surface area contributed by atoms with Gasteiger partial charge in [0.2, 0.25) is 0 Å². The molecule has 0 amide bonds. The number of nitriles is 1. The standard InChI is InChI=1S/C6H3ClN2O/c7-6-2-5(10)1-4(3-8)9-6/h1-2H,(H,9,10). The third kappa shape index (κ3) is 1.36. The SMILES string of the molecule is N#Cc1cc(=O)cc(Cl)[nH]1. The molecule has 0 aliphatic heterocycles. The summed E-state index contributed by atoms with van der Waals surface area (Å²) in [6, 6.07) is 4.17. The highest BCUT2D eigenvalue weighted by atomic mass is 35.5. The van der Waals surface area contributed by atoms with Crippen molar-refractivity contribution in [2.45, 2.75) is 0 Å². The number of H-pyrrole nitrogens is 1. The smallest absolute Gasteiger partial charge is 0.184 e. The van der Waals surface area contributed by atoms with Crippen molar-refractivity contribution in [1.82, 2.24) is 4.98 Å². The van der Waals surface area contributed by atoms with Gasteiger partial charge in [-0.05, 0) is 0 Å². The lowest BCUT2D eigenvalue weighted by molar-refractivity contribution is 1.24. The molecule has 0 unspecified atom stereocenters. The Morgan fingerprint density at radius 3 is 2.80 bits per heavy atom. The average Bonchev–Trinajstić information content (AvgIpc) is 1.85. The first kappa shape index (κ1) is 6.84. The topological polar surface area (TPSA) is 56.6 Å². The van der Waals surface area contributed by atoms with Crippen LogP contribution in [-0.4, -0.2) is 4.98 Å². The summed E-state index contributed by atoms with van der Waals surface area (Å²) >= 11 is 5.42. The summed E-state index contributed by atoms with van der Waals surface area (Å²) in [6.07, 6.45) is 0. The zero-order valence-electron chi connectivity index (χ0n) is 4.89. The Labute approximate surface area is 61.9 Å². The predicted octanol–water partition coefficient (Wildman–Crippen LogP) is 0.900. The highest BCUT2D eigenvalue weighted by Gasteiger charge is 1.93. The Morgan fingerprint density at radius 2 is 2.30 bits per heavy atom. The van der Waals surface area contributed by atoms with Crippen LogP contribution < -0.4 is 5.43 Å². The van der Waals surface area contributed by atoms with E-state index in [1.165, 1.54) is 12.1 Å². The van der Waals surface area contributed by atoms with E-state index < -0.39 is 0 Å². The number of hydrogen-bond donors (Lipinski definition) is 1. The fourth-order valence-electron chi connectivity index (χ4n) is 0.570. The van der Waals surface area contributed by atoms with Crippen LogP contribution in [0.5, 0.6) is 0 Å². The average molecular weight is 155 g/mol. The Kier molecular flexibility index (Phi) is 1.74. The molecule has 1 aromatic heterocycles. The van der Waals surface area contributed by atoms with Gasteiger partial charge in [-0.3, -0.25) is 4.79 Å². The molecule has 4 heteroatoms. The van der Waals surface area contributed by atoms with Crippen LogP contribution in [0.3, 0.4) is 0 Å². The van der Waals surface area contributed by atoms with Crippen molar-refractivity contribution < 1.29 is 0 Å². The lowest BCUT2D eigenvalue weighted by Crippen LogP contribution is -1.99. The molecule has 0 aromatic carbocycles. The molecule has 0 atom stereocenters. The summed E-state index contributed by atoms with van der Waals surface area (Å²) < 4.78 is 0. The van der Waals surface area contributed by atoms with Crippen LogP contribution in [0.1, 0.15) is 5.69 Å². The van der Waals surface area contributed by atoms with E-state index in [0.29, 0.717) is 0 Å². The number of nitrogens with zero attached hydrogens (tertiary/aromatic N) is 1. The van der Waals surface area contributed by atoms with Crippen LogP contribution in [0.25, 0.3) is 0 Å². The molecular weight excluding hydrogens is 152 g/mol. The van der Waals surface area contributed by atoms with Crippen LogP contribution in [0, 0.1) is 11.3 Å². The minimum Gasteiger partial charge on any atom is -0.337 e. The summed E-state index contributed by atoms with van der Waals surface area (Å²) in [5.41, 5.74) is -0.0854. The van der Waals surface area contributed by atoms with E-state index in [1.54, 1.807) is 6.07 Å². The summed E-state index contributed by atoms with van der Waals surface area (Å²) in [6.45, 7) is 0. The number of aromatic amines is 1. The summed E-state index contributed by atoms with van der Waals surface area (Å²) in [5.74, 6) is 0. The van der Waals surface area contributed by atoms with Crippen LogP contribution in [0.15, 0.2) is 16.9 Å². The highest BCUT2D eigenvalue weighted by Crippen LogP contribution is 1.99. The van der Waals surface area contributed by atoms with E-state index in [-0.39, 0.29) is 16.3 Å². The molecule has 1 N–H and O–H groups in total. The van der Waals surface area contributed by atoms with Gasteiger partial charge >= 0.3 is 0 Å². The Hall–Kier alpha value is -1.27. The molecule has 0 saturated heterocycles. The maximum atomic E-state index is 10.6. The number of halogens is 1. The van der Waals surface area contributed by atoms with E-state index in [4.69, 9.17) is 16.9 Å². The highest BCUT2D eigenvalue weighted by molar-refractivity contribution is 6.29. The van der Waals surface area contributed by atoms with Gasteiger partial charge in [-0.2, -0.15) is 5.26 Å². The first-order chi connectivity index (χ1) is 4.72. The van der Waals surface area contributed by atoms with Crippen LogP contribution >= 0.6 is 11.6 Å². The monoisotopic (exact) mass is 154 g/mol. The van der Waals surface area contributed by atoms with Crippen molar-refractivity contribution >= 4 is 11.6 Å². The molecule has 3 nitrogen and oxygen atoms in total. The fraction of sp³-hybridized carbons (Fsp3) is 0. The van der Waals surface area contributed by atoms with Gasteiger partial charge in [0.25, 0.3) is 0 Å². The van der Waals surface area contributed by atoms with Gasteiger partial charge in [0.15, 0.2) is 5.43 Å². The molecule has 0 fully saturated rings. The second-order valence-electron chi connectivity index (χ2n) is 1.69. The first-order valence-corrected chi connectivity index (χ1v) is 2.90. The number of nitrogens with one attached hydrogen (secondary N) is 1. The van der Waals surface area contributed by atoms with E-state index in [1.807, 2.05) is 0 Å². The van der Waals surface area contributed by atoms with Crippen LogP contribution in [-0.2, 0) is 0 Å². The van der Waals surface area contributed by atoms with Gasteiger partial charge in [-0.15, -0.1) is 0 Å². The third-order valence-corrected chi connectivity index (χ3v) is 1.13. The fourth-order valence-corrected chi connectivity index (χ4v) is 0.779. The van der Waals surface area contributed by atoms with E-state index in [2.05, 4.69) is 4.98 Å². The number of aromatic nitrogens is 1. The molecule has 1 aromatic rings. The molecular formula is C6H3ClN2O. The molecule has 10 heavy (non-hydrogen) atoms. The first-order valence-electron chi connectivity index (χ1n) is 2.52. The molecule has 0 aliphatic carbocycles. The Bertz CT molecular complexity index is 336. The van der Waals surface area contributed by atoms with E-state index in [0.717, 1.165) is 0 Å². The maximum absolute atomic E-state index is 10.6. The van der Waals surface area contributed by atoms with Crippen molar-refractivity contribution in [1.29, 1.82) is 5.26 Å². The zero-order chi connectivity index (χ0) is 7.56. The largest absolute Gasteiger partial charge is 0.337 e. The number of rotatable bonds is 0. The van der Waals surface area contributed by atoms with Crippen molar-refractivity contribution in [3.63, 3.8) is 0 Å². The van der Waals surface area contributed by atoms with Crippen molar-refractivity contribution in [3.8, 4) is 6.07 Å².